The predicted molar refractivity (Wildman–Crippen MR) is 118 cm³/mol. The van der Waals surface area contributed by atoms with Gasteiger partial charge in [-0.1, -0.05) is 12.1 Å². The summed E-state index contributed by atoms with van der Waals surface area (Å²) >= 11 is 0. The monoisotopic (exact) mass is 443 g/mol. The average molecular weight is 443 g/mol. The largest absolute Gasteiger partial charge is 0.495 e. The van der Waals surface area contributed by atoms with Gasteiger partial charge in [-0.25, -0.2) is 13.6 Å². The van der Waals surface area contributed by atoms with Gasteiger partial charge in [-0.15, -0.1) is 0 Å². The topological polar surface area (TPSA) is 75.0 Å². The Kier molecular flexibility index (Phi) is 5.73. The van der Waals surface area contributed by atoms with E-state index in [1.807, 2.05) is 24.3 Å². The zero-order chi connectivity index (χ0) is 23.0. The number of piperazine rings is 1. The number of hydrogen-bond acceptors (Lipinski definition) is 5. The van der Waals surface area contributed by atoms with Gasteiger partial charge in [0.25, 0.3) is 0 Å². The Hall–Kier alpha value is -3.62. The van der Waals surface area contributed by atoms with Gasteiger partial charge in [0, 0.05) is 38.9 Å². The molecule has 1 aliphatic heterocycles. The Morgan fingerprint density at radius 1 is 1.12 bits per heavy atom. The van der Waals surface area contributed by atoms with Gasteiger partial charge in [0.1, 0.15) is 22.8 Å². The lowest BCUT2D eigenvalue weighted by atomic mass is 10.1. The van der Waals surface area contributed by atoms with Crippen molar-refractivity contribution in [2.24, 2.45) is 0 Å². The molecule has 0 unspecified atom stereocenters. The zero-order valence-electron chi connectivity index (χ0n) is 17.8. The van der Waals surface area contributed by atoms with Crippen molar-refractivity contribution in [1.29, 1.82) is 0 Å². The van der Waals surface area contributed by atoms with Crippen molar-refractivity contribution < 1.29 is 23.4 Å². The van der Waals surface area contributed by atoms with Crippen LogP contribution in [0.25, 0.3) is 10.9 Å². The number of benzene rings is 2. The number of anilines is 2. The van der Waals surface area contributed by atoms with E-state index >= 15 is 8.78 Å². The molecule has 168 valence electrons. The van der Waals surface area contributed by atoms with E-state index in [-0.39, 0.29) is 23.1 Å². The van der Waals surface area contributed by atoms with E-state index in [0.29, 0.717) is 26.2 Å². The second-order valence-corrected chi connectivity index (χ2v) is 7.53. The predicted octanol–water partition coefficient (Wildman–Crippen LogP) is 3.33. The number of carboxylic acid groups (broad SMARTS) is 1. The van der Waals surface area contributed by atoms with Gasteiger partial charge < -0.3 is 24.2 Å². The molecule has 1 saturated heterocycles. The number of rotatable bonds is 5. The molecule has 0 amide bonds. The standard InChI is InChI=1S/C23H23F2N3O4/c1-3-26-13-15(23(30)31)22(29)14-12-16(24)21(19(25)20(14)26)28-10-8-27(9-11-28)17-6-4-5-7-18(17)32-2/h4-7,12-13H,3,8-11H2,1-2H3,(H,30,31). The molecule has 9 heteroatoms. The highest BCUT2D eigenvalue weighted by Crippen LogP contribution is 2.33. The first-order valence-electron chi connectivity index (χ1n) is 10.3. The summed E-state index contributed by atoms with van der Waals surface area (Å²) in [5.41, 5.74) is -0.804. The van der Waals surface area contributed by atoms with Crippen LogP contribution < -0.4 is 20.0 Å². The third kappa shape index (κ3) is 3.53. The molecule has 3 aromatic rings. The number of halogens is 2. The van der Waals surface area contributed by atoms with Gasteiger partial charge in [-0.3, -0.25) is 4.79 Å². The van der Waals surface area contributed by atoms with E-state index < -0.39 is 28.6 Å². The van der Waals surface area contributed by atoms with Crippen molar-refractivity contribution in [1.82, 2.24) is 4.57 Å². The Bertz CT molecular complexity index is 1250. The number of carbonyl (C=O) groups is 1. The number of aromatic nitrogens is 1. The quantitative estimate of drug-likeness (QED) is 0.652. The lowest BCUT2D eigenvalue weighted by Gasteiger charge is -2.38. The van der Waals surface area contributed by atoms with Gasteiger partial charge in [0.2, 0.25) is 5.43 Å². The van der Waals surface area contributed by atoms with E-state index in [1.54, 1.807) is 18.9 Å². The smallest absolute Gasteiger partial charge is 0.341 e. The fraction of sp³-hybridized carbons (Fsp3) is 0.304. The van der Waals surface area contributed by atoms with Gasteiger partial charge in [-0.05, 0) is 25.1 Å². The van der Waals surface area contributed by atoms with Crippen LogP contribution in [-0.2, 0) is 6.54 Å². The number of carboxylic acids is 1. The first-order valence-corrected chi connectivity index (χ1v) is 10.3. The molecule has 0 spiro atoms. The van der Waals surface area contributed by atoms with Crippen molar-refractivity contribution in [3.63, 3.8) is 0 Å². The summed E-state index contributed by atoms with van der Waals surface area (Å²) < 4.78 is 37.4. The molecule has 1 aliphatic rings. The normalized spacial score (nSPS) is 14.1. The minimum atomic E-state index is -1.43. The van der Waals surface area contributed by atoms with Crippen molar-refractivity contribution in [2.75, 3.05) is 43.1 Å². The number of para-hydroxylation sites is 2. The molecule has 1 N–H and O–H groups in total. The first kappa shape index (κ1) is 21.6. The van der Waals surface area contributed by atoms with Crippen molar-refractivity contribution >= 4 is 28.2 Å². The Morgan fingerprint density at radius 3 is 2.41 bits per heavy atom. The highest BCUT2D eigenvalue weighted by molar-refractivity contribution is 5.93. The molecule has 32 heavy (non-hydrogen) atoms. The van der Waals surface area contributed by atoms with Gasteiger partial charge in [0.05, 0.1) is 23.7 Å². The average Bonchev–Trinajstić information content (AvgIpc) is 2.80. The van der Waals surface area contributed by atoms with Gasteiger partial charge >= 0.3 is 5.97 Å². The molecule has 2 aromatic carbocycles. The Labute approximate surface area is 183 Å². The summed E-state index contributed by atoms with van der Waals surface area (Å²) in [7, 11) is 1.60. The molecule has 2 heterocycles. The number of aryl methyl sites for hydroxylation is 1. The van der Waals surface area contributed by atoms with E-state index in [1.165, 1.54) is 4.57 Å². The molecule has 0 saturated carbocycles. The van der Waals surface area contributed by atoms with Crippen LogP contribution in [0.15, 0.2) is 41.3 Å². The maximum Gasteiger partial charge on any atom is 0.341 e. The van der Waals surface area contributed by atoms with Crippen molar-refractivity contribution in [3.05, 3.63) is 63.9 Å². The number of nitrogens with zero attached hydrogens (tertiary/aromatic N) is 3. The highest BCUT2D eigenvalue weighted by atomic mass is 19.1. The minimum absolute atomic E-state index is 0.0916. The van der Waals surface area contributed by atoms with Crippen LogP contribution in [0.2, 0.25) is 0 Å². The Morgan fingerprint density at radius 2 is 1.78 bits per heavy atom. The zero-order valence-corrected chi connectivity index (χ0v) is 17.8. The minimum Gasteiger partial charge on any atom is -0.495 e. The van der Waals surface area contributed by atoms with E-state index in [2.05, 4.69) is 4.90 Å². The third-order valence-corrected chi connectivity index (χ3v) is 5.82. The molecule has 7 nitrogen and oxygen atoms in total. The maximum absolute atomic E-state index is 15.6. The number of hydrogen-bond donors (Lipinski definition) is 1. The molecule has 0 aliphatic carbocycles. The van der Waals surface area contributed by atoms with E-state index in [9.17, 15) is 14.7 Å². The molecular formula is C23H23F2N3O4. The number of pyridine rings is 1. The van der Waals surface area contributed by atoms with Crippen LogP contribution in [0.3, 0.4) is 0 Å². The molecule has 1 aromatic heterocycles. The molecule has 0 radical (unpaired) electrons. The van der Waals surface area contributed by atoms with Crippen LogP contribution in [0.1, 0.15) is 17.3 Å². The number of ether oxygens (including phenoxy) is 1. The number of methoxy groups -OCH3 is 1. The van der Waals surface area contributed by atoms with E-state index in [4.69, 9.17) is 4.74 Å². The summed E-state index contributed by atoms with van der Waals surface area (Å²) in [5.74, 6) is -2.45. The molecular weight excluding hydrogens is 420 g/mol. The number of aromatic carboxylic acids is 1. The Balaban J connectivity index is 1.72. The summed E-state index contributed by atoms with van der Waals surface area (Å²) in [6, 6.07) is 8.52. The molecule has 4 rings (SSSR count). The summed E-state index contributed by atoms with van der Waals surface area (Å²) in [6.45, 7) is 3.69. The van der Waals surface area contributed by atoms with E-state index in [0.717, 1.165) is 23.7 Å². The van der Waals surface area contributed by atoms with Crippen LogP contribution in [0.4, 0.5) is 20.2 Å². The second-order valence-electron chi connectivity index (χ2n) is 7.53. The van der Waals surface area contributed by atoms with Crippen molar-refractivity contribution in [3.8, 4) is 5.75 Å². The number of fused-ring (bicyclic) bond motifs is 1. The molecule has 1 fully saturated rings. The lowest BCUT2D eigenvalue weighted by molar-refractivity contribution is 0.0695. The molecule has 0 bridgehead atoms. The van der Waals surface area contributed by atoms with Crippen LogP contribution in [0, 0.1) is 11.6 Å². The van der Waals surface area contributed by atoms with Crippen LogP contribution in [-0.4, -0.2) is 48.9 Å². The van der Waals surface area contributed by atoms with Crippen molar-refractivity contribution in [2.45, 2.75) is 13.5 Å². The SMILES string of the molecule is CCn1cc(C(=O)O)c(=O)c2cc(F)c(N3CCN(c4ccccc4OC)CC3)c(F)c21. The fourth-order valence-corrected chi connectivity index (χ4v) is 4.23. The highest BCUT2D eigenvalue weighted by Gasteiger charge is 2.27. The van der Waals surface area contributed by atoms with Crippen LogP contribution >= 0.6 is 0 Å². The summed E-state index contributed by atoms with van der Waals surface area (Å²) in [6.07, 6.45) is 1.11. The second kappa shape index (κ2) is 8.49. The van der Waals surface area contributed by atoms with Gasteiger partial charge in [0.15, 0.2) is 5.82 Å². The third-order valence-electron chi connectivity index (χ3n) is 5.82. The fourth-order valence-electron chi connectivity index (χ4n) is 4.23. The maximum atomic E-state index is 15.6. The first-order chi connectivity index (χ1) is 15.4. The summed E-state index contributed by atoms with van der Waals surface area (Å²) in [5, 5.41) is 9.00. The van der Waals surface area contributed by atoms with Crippen LogP contribution in [0.5, 0.6) is 5.75 Å². The molecule has 0 atom stereocenters. The van der Waals surface area contributed by atoms with Gasteiger partial charge in [-0.2, -0.15) is 0 Å². The summed E-state index contributed by atoms with van der Waals surface area (Å²) in [4.78, 5) is 27.6. The lowest BCUT2D eigenvalue weighted by Crippen LogP contribution is -2.47.